The molecule has 0 saturated carbocycles. The lowest BCUT2D eigenvalue weighted by molar-refractivity contribution is -0.138. The Morgan fingerprint density at radius 1 is 1.14 bits per heavy atom. The molecular weight excluding hydrogens is 288 g/mol. The quantitative estimate of drug-likeness (QED) is 0.709. The second-order valence-electron chi connectivity index (χ2n) is 4.00. The van der Waals surface area contributed by atoms with Gasteiger partial charge in [0.15, 0.2) is 5.78 Å². The van der Waals surface area contributed by atoms with Crippen LogP contribution in [0.15, 0.2) is 24.3 Å². The zero-order chi connectivity index (χ0) is 15.8. The van der Waals surface area contributed by atoms with E-state index in [9.17, 15) is 23.2 Å². The topological polar surface area (TPSA) is 92.7 Å². The number of halogens is 2. The molecule has 0 saturated heterocycles. The van der Waals surface area contributed by atoms with Crippen molar-refractivity contribution < 1.29 is 33.0 Å². The lowest BCUT2D eigenvalue weighted by Crippen LogP contribution is -2.29. The molecule has 1 rings (SSSR count). The second kappa shape index (κ2) is 7.93. The number of ether oxygens (including phenoxy) is 1. The number of hydrogen-bond donors (Lipinski definition) is 2. The number of nitrogens with one attached hydrogen (secondary N) is 1. The van der Waals surface area contributed by atoms with Gasteiger partial charge in [-0.3, -0.25) is 14.4 Å². The monoisotopic (exact) mass is 301 g/mol. The molecule has 0 heterocycles. The molecule has 1 aromatic carbocycles. The van der Waals surface area contributed by atoms with Crippen LogP contribution in [0.25, 0.3) is 0 Å². The number of aliphatic carboxylic acids is 1. The molecule has 0 bridgehead atoms. The third-order valence-electron chi connectivity index (χ3n) is 2.41. The average Bonchev–Trinajstić information content (AvgIpc) is 2.42. The first-order valence-electron chi connectivity index (χ1n) is 5.95. The van der Waals surface area contributed by atoms with E-state index in [0.29, 0.717) is 0 Å². The lowest BCUT2D eigenvalue weighted by atomic mass is 10.1. The smallest absolute Gasteiger partial charge is 0.387 e. The van der Waals surface area contributed by atoms with Gasteiger partial charge >= 0.3 is 12.6 Å². The van der Waals surface area contributed by atoms with Crippen LogP contribution in [0.5, 0.6) is 5.75 Å². The third kappa shape index (κ3) is 6.46. The molecular formula is C13H13F2NO5. The molecule has 6 nitrogen and oxygen atoms in total. The summed E-state index contributed by atoms with van der Waals surface area (Å²) in [6.45, 7) is -3.24. The van der Waals surface area contributed by atoms with E-state index in [4.69, 9.17) is 5.11 Å². The van der Waals surface area contributed by atoms with Crippen LogP contribution in [0.2, 0.25) is 0 Å². The summed E-state index contributed by atoms with van der Waals surface area (Å²) in [6.07, 6.45) is -0.538. The maximum Gasteiger partial charge on any atom is 0.387 e. The number of ketones is 1. The molecule has 114 valence electrons. The summed E-state index contributed by atoms with van der Waals surface area (Å²) >= 11 is 0. The van der Waals surface area contributed by atoms with Crippen LogP contribution in [0.1, 0.15) is 23.2 Å². The molecule has 0 atom stereocenters. The molecule has 8 heteroatoms. The van der Waals surface area contributed by atoms with Crippen molar-refractivity contribution in [1.82, 2.24) is 5.32 Å². The lowest BCUT2D eigenvalue weighted by Gasteiger charge is -2.06. The predicted molar refractivity (Wildman–Crippen MR) is 67.3 cm³/mol. The fraction of sp³-hybridized carbons (Fsp3) is 0.308. The number of amides is 1. The number of Topliss-reactive ketones (excluding diaryl/α,β-unsaturated/α-hetero) is 1. The van der Waals surface area contributed by atoms with Gasteiger partial charge in [-0.05, 0) is 24.3 Å². The summed E-state index contributed by atoms with van der Waals surface area (Å²) in [6, 6.07) is 5.02. The third-order valence-corrected chi connectivity index (χ3v) is 2.41. The number of rotatable bonds is 8. The van der Waals surface area contributed by atoms with Gasteiger partial charge in [0.05, 0.1) is 13.0 Å². The highest BCUT2D eigenvalue weighted by Gasteiger charge is 2.10. The molecule has 1 amide bonds. The number of hydrogen-bond acceptors (Lipinski definition) is 4. The van der Waals surface area contributed by atoms with Crippen LogP contribution < -0.4 is 10.1 Å². The van der Waals surface area contributed by atoms with Gasteiger partial charge in [-0.2, -0.15) is 8.78 Å². The second-order valence-corrected chi connectivity index (χ2v) is 4.00. The number of carboxylic acids is 1. The minimum absolute atomic E-state index is 0.0768. The highest BCUT2D eigenvalue weighted by atomic mass is 19.3. The van der Waals surface area contributed by atoms with E-state index in [1.54, 1.807) is 0 Å². The SMILES string of the molecule is O=C(O)CCC(=O)NCC(=O)c1ccc(OC(F)F)cc1. The van der Waals surface area contributed by atoms with Gasteiger partial charge in [0.2, 0.25) is 5.91 Å². The summed E-state index contributed by atoms with van der Waals surface area (Å²) in [5.41, 5.74) is 0.218. The van der Waals surface area contributed by atoms with Crippen molar-refractivity contribution in [3.63, 3.8) is 0 Å². The molecule has 0 aliphatic rings. The number of alkyl halides is 2. The highest BCUT2D eigenvalue weighted by molar-refractivity contribution is 5.99. The molecule has 0 radical (unpaired) electrons. The molecule has 0 spiro atoms. The Labute approximate surface area is 118 Å². The predicted octanol–water partition coefficient (Wildman–Crippen LogP) is 1.45. The van der Waals surface area contributed by atoms with Crippen LogP contribution >= 0.6 is 0 Å². The maximum atomic E-state index is 11.9. The summed E-state index contributed by atoms with van der Waals surface area (Å²) in [5, 5.41) is 10.7. The van der Waals surface area contributed by atoms with E-state index >= 15 is 0 Å². The Kier molecular flexibility index (Phi) is 6.25. The van der Waals surface area contributed by atoms with Gasteiger partial charge in [-0.1, -0.05) is 0 Å². The first-order valence-corrected chi connectivity index (χ1v) is 5.95. The molecule has 0 aliphatic carbocycles. The number of carbonyl (C=O) groups excluding carboxylic acids is 2. The van der Waals surface area contributed by atoms with Gasteiger partial charge in [0, 0.05) is 12.0 Å². The summed E-state index contributed by atoms with van der Waals surface area (Å²) in [4.78, 5) is 33.2. The Bertz CT molecular complexity index is 516. The summed E-state index contributed by atoms with van der Waals surface area (Å²) < 4.78 is 28.0. The Balaban J connectivity index is 2.45. The molecule has 0 unspecified atom stereocenters. The van der Waals surface area contributed by atoms with Crippen LogP contribution in [0.3, 0.4) is 0 Å². The van der Waals surface area contributed by atoms with Gasteiger partial charge in [-0.25, -0.2) is 0 Å². The van der Waals surface area contributed by atoms with Gasteiger partial charge in [-0.15, -0.1) is 0 Å². The minimum atomic E-state index is -2.94. The normalized spacial score (nSPS) is 10.2. The van der Waals surface area contributed by atoms with Gasteiger partial charge in [0.25, 0.3) is 0 Å². The zero-order valence-corrected chi connectivity index (χ0v) is 10.8. The van der Waals surface area contributed by atoms with Gasteiger partial charge < -0.3 is 15.2 Å². The molecule has 0 aromatic heterocycles. The van der Waals surface area contributed by atoms with Crippen molar-refractivity contribution in [2.24, 2.45) is 0 Å². The van der Waals surface area contributed by atoms with Crippen LogP contribution in [0.4, 0.5) is 8.78 Å². The van der Waals surface area contributed by atoms with Gasteiger partial charge in [0.1, 0.15) is 5.75 Å². The largest absolute Gasteiger partial charge is 0.481 e. The van der Waals surface area contributed by atoms with E-state index in [0.717, 1.165) is 0 Å². The van der Waals surface area contributed by atoms with Crippen molar-refractivity contribution in [3.05, 3.63) is 29.8 Å². The maximum absolute atomic E-state index is 11.9. The molecule has 1 aromatic rings. The van der Waals surface area contributed by atoms with Crippen molar-refractivity contribution in [1.29, 1.82) is 0 Å². The highest BCUT2D eigenvalue weighted by Crippen LogP contribution is 2.15. The summed E-state index contributed by atoms with van der Waals surface area (Å²) in [7, 11) is 0. The van der Waals surface area contributed by atoms with Crippen LogP contribution in [-0.4, -0.2) is 35.9 Å². The van der Waals surface area contributed by atoms with Crippen LogP contribution in [0, 0.1) is 0 Å². The Morgan fingerprint density at radius 2 is 1.76 bits per heavy atom. The Hall–Kier alpha value is -2.51. The molecule has 21 heavy (non-hydrogen) atoms. The number of carbonyl (C=O) groups is 3. The standard InChI is InChI=1S/C13H13F2NO5/c14-13(15)21-9-3-1-8(2-4-9)10(17)7-16-11(18)5-6-12(19)20/h1-4,13H,5-7H2,(H,16,18)(H,19,20). The van der Waals surface area contributed by atoms with Crippen molar-refractivity contribution in [3.8, 4) is 5.75 Å². The molecule has 2 N–H and O–H groups in total. The van der Waals surface area contributed by atoms with E-state index < -0.39 is 24.3 Å². The average molecular weight is 301 g/mol. The van der Waals surface area contributed by atoms with Crippen LogP contribution in [-0.2, 0) is 9.59 Å². The summed E-state index contributed by atoms with van der Waals surface area (Å²) in [5.74, 6) is -2.16. The van der Waals surface area contributed by atoms with E-state index in [1.165, 1.54) is 24.3 Å². The number of benzene rings is 1. The first kappa shape index (κ1) is 16.5. The van der Waals surface area contributed by atoms with E-state index in [2.05, 4.69) is 10.1 Å². The van der Waals surface area contributed by atoms with Crippen molar-refractivity contribution >= 4 is 17.7 Å². The minimum Gasteiger partial charge on any atom is -0.481 e. The fourth-order valence-corrected chi connectivity index (χ4v) is 1.41. The fourth-order valence-electron chi connectivity index (χ4n) is 1.41. The Morgan fingerprint density at radius 3 is 2.29 bits per heavy atom. The molecule has 0 fully saturated rings. The van der Waals surface area contributed by atoms with E-state index in [1.807, 2.05) is 0 Å². The van der Waals surface area contributed by atoms with Crippen molar-refractivity contribution in [2.45, 2.75) is 19.5 Å². The molecule has 0 aliphatic heterocycles. The zero-order valence-electron chi connectivity index (χ0n) is 10.8. The first-order chi connectivity index (χ1) is 9.88. The number of carboxylic acid groups (broad SMARTS) is 1. The van der Waals surface area contributed by atoms with E-state index in [-0.39, 0.29) is 30.7 Å². The van der Waals surface area contributed by atoms with Crippen molar-refractivity contribution in [2.75, 3.05) is 6.54 Å².